The third kappa shape index (κ3) is 3.96. The molecule has 0 aliphatic carbocycles. The summed E-state index contributed by atoms with van der Waals surface area (Å²) in [4.78, 5) is 44.3. The molecule has 0 spiro atoms. The van der Waals surface area contributed by atoms with E-state index in [4.69, 9.17) is 16.3 Å². The Bertz CT molecular complexity index is 1490. The molecule has 2 aromatic carbocycles. The second-order valence-electron chi connectivity index (χ2n) is 7.59. The quantitative estimate of drug-likeness (QED) is 0.417. The molecule has 4 rings (SSSR count). The lowest BCUT2D eigenvalue weighted by molar-refractivity contribution is 0.0525. The van der Waals surface area contributed by atoms with Crippen LogP contribution in [-0.4, -0.2) is 26.7 Å². The molecule has 33 heavy (non-hydrogen) atoms. The van der Waals surface area contributed by atoms with Gasteiger partial charge in [0.05, 0.1) is 46.0 Å². The lowest BCUT2D eigenvalue weighted by Crippen LogP contribution is -2.40. The van der Waals surface area contributed by atoms with Gasteiger partial charge in [-0.3, -0.25) is 14.3 Å². The van der Waals surface area contributed by atoms with Crippen LogP contribution in [0.2, 0.25) is 5.02 Å². The molecule has 0 fully saturated rings. The third-order valence-electron chi connectivity index (χ3n) is 5.50. The number of nitrogens with zero attached hydrogens (tertiary/aromatic N) is 3. The van der Waals surface area contributed by atoms with Crippen molar-refractivity contribution in [2.75, 3.05) is 6.61 Å². The van der Waals surface area contributed by atoms with E-state index >= 15 is 0 Å². The van der Waals surface area contributed by atoms with E-state index in [0.717, 1.165) is 4.57 Å². The largest absolute Gasteiger partial charge is 0.462 e. The lowest BCUT2D eigenvalue weighted by atomic mass is 9.98. The number of aryl methyl sites for hydroxylation is 2. The molecule has 0 amide bonds. The fourth-order valence-corrected chi connectivity index (χ4v) is 4.26. The second-order valence-corrected chi connectivity index (χ2v) is 8.00. The number of halogens is 1. The van der Waals surface area contributed by atoms with Gasteiger partial charge in [-0.05, 0) is 62.2 Å². The summed E-state index contributed by atoms with van der Waals surface area (Å²) in [5, 5.41) is 0.509. The predicted octanol–water partition coefficient (Wildman–Crippen LogP) is 4.04. The van der Waals surface area contributed by atoms with E-state index in [1.807, 2.05) is 6.07 Å². The molecule has 2 aromatic heterocycles. The standard InChI is InChI=1S/C25H22ClN3O4/c1-4-33-24(31)21-15(2)13-20-22(16(21)3)23(30)29(19-11-6-5-10-18(19)26)25(32)28(20)14-17-9-7-8-12-27-17/h5-13H,4,14H2,1-3H3. The topological polar surface area (TPSA) is 83.2 Å². The zero-order valence-electron chi connectivity index (χ0n) is 18.5. The van der Waals surface area contributed by atoms with Crippen LogP contribution in [-0.2, 0) is 11.3 Å². The van der Waals surface area contributed by atoms with Crippen molar-refractivity contribution in [3.8, 4) is 5.69 Å². The van der Waals surface area contributed by atoms with Gasteiger partial charge < -0.3 is 4.74 Å². The first kappa shape index (κ1) is 22.5. The smallest absolute Gasteiger partial charge is 0.338 e. The number of benzene rings is 2. The second kappa shape index (κ2) is 9.03. The maximum Gasteiger partial charge on any atom is 0.338 e. The monoisotopic (exact) mass is 463 g/mol. The number of rotatable bonds is 5. The Morgan fingerprint density at radius 3 is 2.48 bits per heavy atom. The highest BCUT2D eigenvalue weighted by molar-refractivity contribution is 6.32. The lowest BCUT2D eigenvalue weighted by Gasteiger charge is -2.18. The highest BCUT2D eigenvalue weighted by Gasteiger charge is 2.23. The van der Waals surface area contributed by atoms with Crippen LogP contribution in [0.1, 0.15) is 34.1 Å². The van der Waals surface area contributed by atoms with Crippen molar-refractivity contribution in [1.29, 1.82) is 0 Å². The first-order chi connectivity index (χ1) is 15.8. The summed E-state index contributed by atoms with van der Waals surface area (Å²) in [6.45, 7) is 5.51. The van der Waals surface area contributed by atoms with Crippen molar-refractivity contribution in [2.24, 2.45) is 0 Å². The molecule has 0 N–H and O–H groups in total. The van der Waals surface area contributed by atoms with Crippen LogP contribution in [0.5, 0.6) is 0 Å². The van der Waals surface area contributed by atoms with E-state index in [1.54, 1.807) is 69.4 Å². The van der Waals surface area contributed by atoms with Gasteiger partial charge in [0.25, 0.3) is 5.56 Å². The van der Waals surface area contributed by atoms with Crippen molar-refractivity contribution in [3.63, 3.8) is 0 Å². The number of para-hydroxylation sites is 1. The molecule has 168 valence electrons. The minimum atomic E-state index is -0.552. The molecule has 0 aliphatic rings. The number of aromatic nitrogens is 3. The third-order valence-corrected chi connectivity index (χ3v) is 5.82. The average molecular weight is 464 g/mol. The number of hydrogen-bond donors (Lipinski definition) is 0. The van der Waals surface area contributed by atoms with E-state index in [0.29, 0.717) is 27.9 Å². The van der Waals surface area contributed by atoms with E-state index in [9.17, 15) is 14.4 Å². The normalized spacial score (nSPS) is 11.0. The van der Waals surface area contributed by atoms with Gasteiger partial charge >= 0.3 is 11.7 Å². The number of pyridine rings is 1. The van der Waals surface area contributed by atoms with Crippen molar-refractivity contribution in [2.45, 2.75) is 27.3 Å². The Balaban J connectivity index is 2.15. The van der Waals surface area contributed by atoms with Gasteiger partial charge in [-0.1, -0.05) is 29.8 Å². The molecule has 0 aliphatic heterocycles. The predicted molar refractivity (Wildman–Crippen MR) is 128 cm³/mol. The number of ether oxygens (including phenoxy) is 1. The molecular formula is C25H22ClN3O4. The minimum Gasteiger partial charge on any atom is -0.462 e. The molecule has 0 bridgehead atoms. The molecule has 0 unspecified atom stereocenters. The summed E-state index contributed by atoms with van der Waals surface area (Å²) in [6, 6.07) is 13.7. The number of fused-ring (bicyclic) bond motifs is 1. The van der Waals surface area contributed by atoms with Gasteiger partial charge in [0.2, 0.25) is 0 Å². The number of carbonyl (C=O) groups excluding carboxylic acids is 1. The van der Waals surface area contributed by atoms with Crippen LogP contribution in [0.3, 0.4) is 0 Å². The average Bonchev–Trinajstić information content (AvgIpc) is 2.78. The van der Waals surface area contributed by atoms with Crippen LogP contribution < -0.4 is 11.2 Å². The minimum absolute atomic E-state index is 0.137. The van der Waals surface area contributed by atoms with Crippen molar-refractivity contribution in [1.82, 2.24) is 14.1 Å². The summed E-state index contributed by atoms with van der Waals surface area (Å²) in [5.41, 5.74) is 1.61. The molecule has 0 radical (unpaired) electrons. The van der Waals surface area contributed by atoms with Gasteiger partial charge in [0.1, 0.15) is 0 Å². The fraction of sp³-hybridized carbons (Fsp3) is 0.200. The summed E-state index contributed by atoms with van der Waals surface area (Å²) in [6.07, 6.45) is 1.64. The molecule has 0 atom stereocenters. The van der Waals surface area contributed by atoms with Crippen molar-refractivity contribution in [3.05, 3.63) is 103 Å². The van der Waals surface area contributed by atoms with Crippen LogP contribution in [0.4, 0.5) is 0 Å². The van der Waals surface area contributed by atoms with E-state index in [-0.39, 0.29) is 29.2 Å². The van der Waals surface area contributed by atoms with Crippen LogP contribution >= 0.6 is 11.6 Å². The Kier molecular flexibility index (Phi) is 6.16. The SMILES string of the molecule is CCOC(=O)c1c(C)cc2c(c1C)c(=O)n(-c1ccccc1Cl)c(=O)n2Cc1ccccn1. The highest BCUT2D eigenvalue weighted by Crippen LogP contribution is 2.25. The molecule has 0 saturated carbocycles. The van der Waals surface area contributed by atoms with Gasteiger partial charge in [-0.2, -0.15) is 0 Å². The number of carbonyl (C=O) groups is 1. The van der Waals surface area contributed by atoms with Gasteiger partial charge in [-0.25, -0.2) is 14.2 Å². The van der Waals surface area contributed by atoms with E-state index < -0.39 is 17.2 Å². The number of hydrogen-bond acceptors (Lipinski definition) is 5. The summed E-state index contributed by atoms with van der Waals surface area (Å²) >= 11 is 6.36. The molecule has 7 nitrogen and oxygen atoms in total. The molecule has 0 saturated heterocycles. The van der Waals surface area contributed by atoms with E-state index in [2.05, 4.69) is 4.98 Å². The van der Waals surface area contributed by atoms with Crippen LogP contribution in [0.15, 0.2) is 64.3 Å². The van der Waals surface area contributed by atoms with Gasteiger partial charge in [0.15, 0.2) is 0 Å². The highest BCUT2D eigenvalue weighted by atomic mass is 35.5. The van der Waals surface area contributed by atoms with Crippen LogP contribution in [0.25, 0.3) is 16.6 Å². The fourth-order valence-electron chi connectivity index (χ4n) is 4.04. The van der Waals surface area contributed by atoms with Crippen LogP contribution in [0, 0.1) is 13.8 Å². The molecule has 4 aromatic rings. The van der Waals surface area contributed by atoms with E-state index in [1.165, 1.54) is 4.57 Å². The molecule has 8 heteroatoms. The Morgan fingerprint density at radius 2 is 1.82 bits per heavy atom. The zero-order valence-corrected chi connectivity index (χ0v) is 19.2. The first-order valence-electron chi connectivity index (χ1n) is 10.5. The molecular weight excluding hydrogens is 442 g/mol. The van der Waals surface area contributed by atoms with Gasteiger partial charge in [-0.15, -0.1) is 0 Å². The van der Waals surface area contributed by atoms with Crippen molar-refractivity contribution < 1.29 is 9.53 Å². The first-order valence-corrected chi connectivity index (χ1v) is 10.8. The summed E-state index contributed by atoms with van der Waals surface area (Å²) < 4.78 is 7.74. The summed E-state index contributed by atoms with van der Waals surface area (Å²) in [5.74, 6) is -0.513. The Hall–Kier alpha value is -3.71. The Morgan fingerprint density at radius 1 is 1.09 bits per heavy atom. The zero-order chi connectivity index (χ0) is 23.7. The maximum absolute atomic E-state index is 13.7. The summed E-state index contributed by atoms with van der Waals surface area (Å²) in [7, 11) is 0. The maximum atomic E-state index is 13.7. The van der Waals surface area contributed by atoms with Crippen molar-refractivity contribution >= 4 is 28.5 Å². The number of esters is 1. The Labute approximate surface area is 194 Å². The van der Waals surface area contributed by atoms with Gasteiger partial charge in [0, 0.05) is 6.20 Å². The molecule has 2 heterocycles.